The van der Waals surface area contributed by atoms with Crippen LogP contribution < -0.4 is 0 Å². The molecule has 0 aliphatic heterocycles. The highest BCUT2D eigenvalue weighted by Gasteiger charge is 2.22. The molecule has 0 saturated carbocycles. The van der Waals surface area contributed by atoms with E-state index in [9.17, 15) is 0 Å². The molecule has 434 valence electrons. The third kappa shape index (κ3) is 9.06. The molecule has 0 aliphatic rings. The standard InChI is InChI=1S/C89H58N4/c1-57-90-81-38-16-18-40-83(81)92(57)69-47-42-59(43-48-69)86-77-33-12-14-35-79(77)88(80-36-15-13-34-78(80)86)72-37-21-28-65-53-64(46-51-71(65)72)62-26-20-27-63(52-62)67-54-66(58-22-4-2-5-23-58)55-68(56-67)87-75-31-10-8-29-73(75)85(74-30-9-11-32-76(74)87)60-44-49-70(50-45-60)93-84-41-19-17-39-82(84)91-89(93)61-24-6-3-7-25-61/h2-56H,1H3. The zero-order valence-corrected chi connectivity index (χ0v) is 51.0. The number of aryl methyl sites for hydroxylation is 1. The quantitative estimate of drug-likeness (QED) is 0.128. The maximum absolute atomic E-state index is 5.15. The molecule has 4 nitrogen and oxygen atoms in total. The molecule has 0 aliphatic carbocycles. The summed E-state index contributed by atoms with van der Waals surface area (Å²) in [6, 6.07) is 122. The second-order valence-corrected chi connectivity index (χ2v) is 24.4. The highest BCUT2D eigenvalue weighted by atomic mass is 15.1. The summed E-state index contributed by atoms with van der Waals surface area (Å²) in [4.78, 5) is 10.0. The van der Waals surface area contributed by atoms with Gasteiger partial charge in [-0.05, 0) is 218 Å². The summed E-state index contributed by atoms with van der Waals surface area (Å²) in [5.74, 6) is 1.90. The lowest BCUT2D eigenvalue weighted by Gasteiger charge is -2.20. The lowest BCUT2D eigenvalue weighted by molar-refractivity contribution is 1.00. The molecule has 16 aromatic carbocycles. The van der Waals surface area contributed by atoms with Gasteiger partial charge in [-0.2, -0.15) is 0 Å². The van der Waals surface area contributed by atoms with Gasteiger partial charge >= 0.3 is 0 Å². The van der Waals surface area contributed by atoms with Crippen LogP contribution >= 0.6 is 0 Å². The van der Waals surface area contributed by atoms with Gasteiger partial charge in [0.05, 0.1) is 22.1 Å². The fourth-order valence-corrected chi connectivity index (χ4v) is 14.9. The van der Waals surface area contributed by atoms with E-state index in [4.69, 9.17) is 9.97 Å². The first-order valence-electron chi connectivity index (χ1n) is 31.9. The van der Waals surface area contributed by atoms with Crippen LogP contribution in [0.3, 0.4) is 0 Å². The predicted octanol–water partition coefficient (Wildman–Crippen LogP) is 23.8. The molecule has 0 unspecified atom stereocenters. The Bertz CT molecular complexity index is 5860. The van der Waals surface area contributed by atoms with Crippen LogP contribution in [0.15, 0.2) is 334 Å². The molecule has 0 atom stereocenters. The number of nitrogens with zero attached hydrogens (tertiary/aromatic N) is 4. The summed E-state index contributed by atoms with van der Waals surface area (Å²) in [5.41, 5.74) is 24.1. The topological polar surface area (TPSA) is 35.6 Å². The Labute approximate surface area is 538 Å². The molecule has 2 heterocycles. The van der Waals surface area contributed by atoms with Gasteiger partial charge in [0, 0.05) is 16.9 Å². The Morgan fingerprint density at radius 3 is 1.16 bits per heavy atom. The number of fused-ring (bicyclic) bond motifs is 7. The summed E-state index contributed by atoms with van der Waals surface area (Å²) >= 11 is 0. The van der Waals surface area contributed by atoms with Crippen molar-refractivity contribution in [3.8, 4) is 101 Å². The van der Waals surface area contributed by atoms with Gasteiger partial charge < -0.3 is 0 Å². The average molecular weight is 1180 g/mol. The van der Waals surface area contributed by atoms with E-state index in [0.717, 1.165) is 72.9 Å². The van der Waals surface area contributed by atoms with Crippen LogP contribution in [0.5, 0.6) is 0 Å². The van der Waals surface area contributed by atoms with Crippen LogP contribution in [-0.2, 0) is 0 Å². The third-order valence-corrected chi connectivity index (χ3v) is 19.0. The van der Waals surface area contributed by atoms with Crippen LogP contribution in [-0.4, -0.2) is 19.1 Å². The Kier molecular flexibility index (Phi) is 12.8. The van der Waals surface area contributed by atoms with Crippen molar-refractivity contribution in [2.24, 2.45) is 0 Å². The van der Waals surface area contributed by atoms with Crippen molar-refractivity contribution in [2.45, 2.75) is 6.92 Å². The highest BCUT2D eigenvalue weighted by molar-refractivity contribution is 6.24. The zero-order chi connectivity index (χ0) is 61.5. The van der Waals surface area contributed by atoms with Crippen molar-refractivity contribution in [3.05, 3.63) is 339 Å². The Balaban J connectivity index is 0.729. The number of hydrogen-bond acceptors (Lipinski definition) is 2. The van der Waals surface area contributed by atoms with Crippen molar-refractivity contribution >= 4 is 75.9 Å². The Hall–Kier alpha value is -12.2. The smallest absolute Gasteiger partial charge is 0.145 e. The van der Waals surface area contributed by atoms with E-state index in [1.165, 1.54) is 109 Å². The van der Waals surface area contributed by atoms with Crippen LogP contribution in [0.1, 0.15) is 5.82 Å². The number of benzene rings is 16. The van der Waals surface area contributed by atoms with Crippen LogP contribution in [0.4, 0.5) is 0 Å². The van der Waals surface area contributed by atoms with Crippen molar-refractivity contribution in [3.63, 3.8) is 0 Å². The van der Waals surface area contributed by atoms with E-state index in [-0.39, 0.29) is 0 Å². The number of para-hydroxylation sites is 4. The van der Waals surface area contributed by atoms with Crippen molar-refractivity contribution in [1.29, 1.82) is 0 Å². The maximum Gasteiger partial charge on any atom is 0.145 e. The van der Waals surface area contributed by atoms with E-state index in [1.807, 2.05) is 0 Å². The number of aromatic nitrogens is 4. The summed E-state index contributed by atoms with van der Waals surface area (Å²) in [6.45, 7) is 2.08. The minimum Gasteiger partial charge on any atom is -0.297 e. The largest absolute Gasteiger partial charge is 0.297 e. The average Bonchev–Trinajstić information content (AvgIpc) is 1.62. The van der Waals surface area contributed by atoms with Crippen molar-refractivity contribution < 1.29 is 0 Å². The molecule has 0 fully saturated rings. The molecular formula is C89H58N4. The minimum absolute atomic E-state index is 0.924. The van der Waals surface area contributed by atoms with E-state index in [1.54, 1.807) is 0 Å². The fourth-order valence-electron chi connectivity index (χ4n) is 14.9. The van der Waals surface area contributed by atoms with Gasteiger partial charge in [0.15, 0.2) is 0 Å². The summed E-state index contributed by atoms with van der Waals surface area (Å²) in [5, 5.41) is 12.2. The lowest BCUT2D eigenvalue weighted by Crippen LogP contribution is -1.98. The minimum atomic E-state index is 0.924. The van der Waals surface area contributed by atoms with Crippen LogP contribution in [0.25, 0.3) is 177 Å². The summed E-state index contributed by atoms with van der Waals surface area (Å²) in [7, 11) is 0. The number of rotatable bonds is 10. The van der Waals surface area contributed by atoms with Gasteiger partial charge in [-0.3, -0.25) is 9.13 Å². The number of imidazole rings is 2. The molecule has 93 heavy (non-hydrogen) atoms. The molecule has 0 radical (unpaired) electrons. The van der Waals surface area contributed by atoms with Gasteiger partial charge in [0.25, 0.3) is 0 Å². The predicted molar refractivity (Wildman–Crippen MR) is 391 cm³/mol. The van der Waals surface area contributed by atoms with Crippen molar-refractivity contribution in [1.82, 2.24) is 19.1 Å². The molecule has 4 heteroatoms. The maximum atomic E-state index is 5.15. The van der Waals surface area contributed by atoms with Gasteiger partial charge in [0.2, 0.25) is 0 Å². The van der Waals surface area contributed by atoms with Gasteiger partial charge in [0.1, 0.15) is 11.6 Å². The third-order valence-electron chi connectivity index (χ3n) is 19.0. The fraction of sp³-hybridized carbons (Fsp3) is 0.0112. The molecule has 2 aromatic heterocycles. The first kappa shape index (κ1) is 53.8. The molecule has 18 rings (SSSR count). The van der Waals surface area contributed by atoms with Crippen LogP contribution in [0.2, 0.25) is 0 Å². The first-order chi connectivity index (χ1) is 46.0. The van der Waals surface area contributed by atoms with Crippen molar-refractivity contribution in [2.75, 3.05) is 0 Å². The summed E-state index contributed by atoms with van der Waals surface area (Å²) in [6.07, 6.45) is 0. The molecule has 0 saturated heterocycles. The number of hydrogen-bond donors (Lipinski definition) is 0. The van der Waals surface area contributed by atoms with Gasteiger partial charge in [-0.1, -0.05) is 255 Å². The Morgan fingerprint density at radius 1 is 0.226 bits per heavy atom. The molecule has 0 N–H and O–H groups in total. The first-order valence-corrected chi connectivity index (χ1v) is 31.9. The van der Waals surface area contributed by atoms with Crippen LogP contribution in [0, 0.1) is 6.92 Å². The lowest BCUT2D eigenvalue weighted by atomic mass is 9.84. The van der Waals surface area contributed by atoms with E-state index >= 15 is 0 Å². The molecule has 0 bridgehead atoms. The molecule has 18 aromatic rings. The Morgan fingerprint density at radius 2 is 0.602 bits per heavy atom. The zero-order valence-electron chi connectivity index (χ0n) is 51.0. The van der Waals surface area contributed by atoms with Gasteiger partial charge in [-0.25, -0.2) is 9.97 Å². The van der Waals surface area contributed by atoms with Gasteiger partial charge in [-0.15, -0.1) is 0 Å². The normalized spacial score (nSPS) is 11.7. The van der Waals surface area contributed by atoms with E-state index in [2.05, 4.69) is 350 Å². The summed E-state index contributed by atoms with van der Waals surface area (Å²) < 4.78 is 4.53. The second kappa shape index (κ2) is 22.1. The SMILES string of the molecule is Cc1nc2ccccc2n1-c1ccc(-c2c3ccccc3c(-c3cccc4cc(-c5cccc(-c6cc(-c7ccccc7)cc(-c7c8ccccc8c(-c8ccc(-n9c(-c%10ccccc%10)nc%10ccccc%109)cc8)c8ccccc78)c6)c5)ccc34)c3ccccc23)cc1. The van der Waals surface area contributed by atoms with E-state index in [0.29, 0.717) is 0 Å². The molecular weight excluding hydrogens is 1130 g/mol. The molecule has 0 amide bonds. The monoisotopic (exact) mass is 1180 g/mol. The molecule has 0 spiro atoms. The highest BCUT2D eigenvalue weighted by Crippen LogP contribution is 2.48. The second-order valence-electron chi connectivity index (χ2n) is 24.4. The van der Waals surface area contributed by atoms with E-state index < -0.39 is 0 Å².